The van der Waals surface area contributed by atoms with Gasteiger partial charge in [-0.15, -0.1) is 0 Å². The van der Waals surface area contributed by atoms with Crippen LogP contribution in [-0.4, -0.2) is 15.3 Å². The van der Waals surface area contributed by atoms with Crippen molar-refractivity contribution in [3.05, 3.63) is 36.0 Å². The predicted molar refractivity (Wildman–Crippen MR) is 74.8 cm³/mol. The monoisotopic (exact) mass is 243 g/mol. The van der Waals surface area contributed by atoms with Gasteiger partial charge in [-0.1, -0.05) is 11.6 Å². The first-order valence-electron chi connectivity index (χ1n) is 6.85. The molecule has 1 aliphatic rings. The Hall–Kier alpha value is -1.28. The maximum absolute atomic E-state index is 10.0. The SMILES string of the molecule is Cc1ccc2c(ccn2[C@H]2CC[C@@](C)(O)CC2)c1. The molecule has 0 radical (unpaired) electrons. The van der Waals surface area contributed by atoms with Crippen LogP contribution < -0.4 is 0 Å². The number of benzene rings is 1. The van der Waals surface area contributed by atoms with Crippen LogP contribution in [0.4, 0.5) is 0 Å². The Morgan fingerprint density at radius 3 is 2.67 bits per heavy atom. The molecule has 2 nitrogen and oxygen atoms in total. The highest BCUT2D eigenvalue weighted by Crippen LogP contribution is 2.36. The van der Waals surface area contributed by atoms with E-state index in [1.54, 1.807) is 0 Å². The molecule has 1 aliphatic carbocycles. The fraction of sp³-hybridized carbons (Fsp3) is 0.500. The Morgan fingerprint density at radius 2 is 1.94 bits per heavy atom. The topological polar surface area (TPSA) is 25.2 Å². The van der Waals surface area contributed by atoms with Gasteiger partial charge in [-0.2, -0.15) is 0 Å². The molecule has 0 atom stereocenters. The van der Waals surface area contributed by atoms with E-state index in [9.17, 15) is 5.11 Å². The van der Waals surface area contributed by atoms with Crippen molar-refractivity contribution in [2.24, 2.45) is 0 Å². The molecule has 1 aromatic heterocycles. The summed E-state index contributed by atoms with van der Waals surface area (Å²) in [6.45, 7) is 4.09. The highest BCUT2D eigenvalue weighted by molar-refractivity contribution is 5.81. The molecule has 18 heavy (non-hydrogen) atoms. The number of hydrogen-bond donors (Lipinski definition) is 1. The van der Waals surface area contributed by atoms with Crippen LogP contribution in [0, 0.1) is 6.92 Å². The minimum atomic E-state index is -0.448. The first kappa shape index (κ1) is 11.8. The Bertz CT molecular complexity index is 557. The molecule has 2 aromatic rings. The molecule has 1 heterocycles. The van der Waals surface area contributed by atoms with Crippen LogP contribution in [-0.2, 0) is 0 Å². The molecular weight excluding hydrogens is 222 g/mol. The van der Waals surface area contributed by atoms with Crippen molar-refractivity contribution in [3.8, 4) is 0 Å². The number of nitrogens with zero attached hydrogens (tertiary/aromatic N) is 1. The Balaban J connectivity index is 1.91. The molecule has 0 bridgehead atoms. The van der Waals surface area contributed by atoms with E-state index in [1.807, 2.05) is 6.92 Å². The average Bonchev–Trinajstić information content (AvgIpc) is 2.72. The van der Waals surface area contributed by atoms with Gasteiger partial charge in [-0.3, -0.25) is 0 Å². The summed E-state index contributed by atoms with van der Waals surface area (Å²) in [5.41, 5.74) is 2.19. The van der Waals surface area contributed by atoms with Gasteiger partial charge in [-0.25, -0.2) is 0 Å². The number of aromatic nitrogens is 1. The standard InChI is InChI=1S/C16H21NO/c1-12-3-4-15-13(11-12)7-10-17(15)14-5-8-16(2,18)9-6-14/h3-4,7,10-11,14,18H,5-6,8-9H2,1-2H3/t14-,16+. The van der Waals surface area contributed by atoms with Crippen molar-refractivity contribution in [2.75, 3.05) is 0 Å². The Morgan fingerprint density at radius 1 is 1.22 bits per heavy atom. The van der Waals surface area contributed by atoms with E-state index >= 15 is 0 Å². The van der Waals surface area contributed by atoms with Gasteiger partial charge in [0.15, 0.2) is 0 Å². The molecule has 0 aliphatic heterocycles. The van der Waals surface area contributed by atoms with E-state index in [-0.39, 0.29) is 0 Å². The number of hydrogen-bond acceptors (Lipinski definition) is 1. The summed E-state index contributed by atoms with van der Waals surface area (Å²) in [4.78, 5) is 0. The molecule has 1 N–H and O–H groups in total. The maximum atomic E-state index is 10.0. The summed E-state index contributed by atoms with van der Waals surface area (Å²) in [5.74, 6) is 0. The smallest absolute Gasteiger partial charge is 0.0621 e. The molecule has 0 unspecified atom stereocenters. The van der Waals surface area contributed by atoms with E-state index in [0.717, 1.165) is 25.7 Å². The molecule has 2 heteroatoms. The van der Waals surface area contributed by atoms with Crippen LogP contribution >= 0.6 is 0 Å². The summed E-state index contributed by atoms with van der Waals surface area (Å²) in [5, 5.41) is 11.4. The average molecular weight is 243 g/mol. The van der Waals surface area contributed by atoms with Crippen molar-refractivity contribution in [2.45, 2.75) is 51.2 Å². The maximum Gasteiger partial charge on any atom is 0.0621 e. The quantitative estimate of drug-likeness (QED) is 0.809. The van der Waals surface area contributed by atoms with Gasteiger partial charge >= 0.3 is 0 Å². The highest BCUT2D eigenvalue weighted by atomic mass is 16.3. The van der Waals surface area contributed by atoms with Crippen molar-refractivity contribution in [3.63, 3.8) is 0 Å². The number of fused-ring (bicyclic) bond motifs is 1. The van der Waals surface area contributed by atoms with Crippen LogP contribution in [0.15, 0.2) is 30.5 Å². The minimum Gasteiger partial charge on any atom is -0.390 e. The molecular formula is C16H21NO. The Labute approximate surface area is 108 Å². The van der Waals surface area contributed by atoms with Crippen LogP contribution in [0.3, 0.4) is 0 Å². The molecule has 0 amide bonds. The summed E-state index contributed by atoms with van der Waals surface area (Å²) in [6.07, 6.45) is 6.16. The first-order chi connectivity index (χ1) is 8.55. The molecule has 0 spiro atoms. The summed E-state index contributed by atoms with van der Waals surface area (Å²) < 4.78 is 2.39. The normalized spacial score (nSPS) is 28.7. The van der Waals surface area contributed by atoms with Gasteiger partial charge in [-0.05, 0) is 63.1 Å². The third kappa shape index (κ3) is 2.05. The molecule has 1 saturated carbocycles. The predicted octanol–water partition coefficient (Wildman–Crippen LogP) is 3.82. The second-order valence-electron chi connectivity index (χ2n) is 6.01. The second kappa shape index (κ2) is 4.13. The Kier molecular flexibility index (Phi) is 2.70. The van der Waals surface area contributed by atoms with Gasteiger partial charge in [0, 0.05) is 17.8 Å². The zero-order chi connectivity index (χ0) is 12.8. The molecule has 1 aromatic carbocycles. The fourth-order valence-corrected chi connectivity index (χ4v) is 3.10. The zero-order valence-electron chi connectivity index (χ0n) is 11.2. The minimum absolute atomic E-state index is 0.448. The first-order valence-corrected chi connectivity index (χ1v) is 6.85. The number of rotatable bonds is 1. The number of aliphatic hydroxyl groups is 1. The van der Waals surface area contributed by atoms with Crippen LogP contribution in [0.5, 0.6) is 0 Å². The molecule has 96 valence electrons. The molecule has 3 rings (SSSR count). The fourth-order valence-electron chi connectivity index (χ4n) is 3.10. The van der Waals surface area contributed by atoms with Crippen molar-refractivity contribution >= 4 is 10.9 Å². The van der Waals surface area contributed by atoms with Crippen molar-refractivity contribution in [1.82, 2.24) is 4.57 Å². The largest absolute Gasteiger partial charge is 0.390 e. The van der Waals surface area contributed by atoms with Gasteiger partial charge in [0.05, 0.1) is 5.60 Å². The lowest BCUT2D eigenvalue weighted by molar-refractivity contribution is 0.0104. The van der Waals surface area contributed by atoms with Gasteiger partial charge in [0.1, 0.15) is 0 Å². The van der Waals surface area contributed by atoms with Gasteiger partial charge in [0.2, 0.25) is 0 Å². The van der Waals surface area contributed by atoms with Crippen LogP contribution in [0.1, 0.15) is 44.2 Å². The lowest BCUT2D eigenvalue weighted by Crippen LogP contribution is -2.31. The van der Waals surface area contributed by atoms with Crippen LogP contribution in [0.25, 0.3) is 10.9 Å². The van der Waals surface area contributed by atoms with Crippen LogP contribution in [0.2, 0.25) is 0 Å². The van der Waals surface area contributed by atoms with Gasteiger partial charge < -0.3 is 9.67 Å². The molecule has 1 fully saturated rings. The lowest BCUT2D eigenvalue weighted by atomic mass is 9.83. The number of aryl methyl sites for hydroxylation is 1. The van der Waals surface area contributed by atoms with E-state index in [1.165, 1.54) is 16.5 Å². The summed E-state index contributed by atoms with van der Waals surface area (Å²) in [6, 6.07) is 9.39. The van der Waals surface area contributed by atoms with Crippen molar-refractivity contribution in [1.29, 1.82) is 0 Å². The summed E-state index contributed by atoms with van der Waals surface area (Å²) >= 11 is 0. The highest BCUT2D eigenvalue weighted by Gasteiger charge is 2.29. The lowest BCUT2D eigenvalue weighted by Gasteiger charge is -2.34. The van der Waals surface area contributed by atoms with Crippen molar-refractivity contribution < 1.29 is 5.11 Å². The van der Waals surface area contributed by atoms with E-state index < -0.39 is 5.60 Å². The second-order valence-corrected chi connectivity index (χ2v) is 6.01. The molecule has 0 saturated heterocycles. The van der Waals surface area contributed by atoms with Gasteiger partial charge in [0.25, 0.3) is 0 Å². The third-order valence-corrected chi connectivity index (χ3v) is 4.30. The van der Waals surface area contributed by atoms with E-state index in [0.29, 0.717) is 6.04 Å². The van der Waals surface area contributed by atoms with E-state index in [4.69, 9.17) is 0 Å². The third-order valence-electron chi connectivity index (χ3n) is 4.30. The summed E-state index contributed by atoms with van der Waals surface area (Å²) in [7, 11) is 0. The zero-order valence-corrected chi connectivity index (χ0v) is 11.2. The van der Waals surface area contributed by atoms with E-state index in [2.05, 4.69) is 42.0 Å².